The van der Waals surface area contributed by atoms with Gasteiger partial charge in [0.15, 0.2) is 0 Å². The number of aryl methyl sites for hydroxylation is 2. The lowest BCUT2D eigenvalue weighted by atomic mass is 10.0. The summed E-state index contributed by atoms with van der Waals surface area (Å²) in [7, 11) is -4.39. The molecule has 0 aromatic heterocycles. The number of ether oxygens (including phenoxy) is 2. The van der Waals surface area contributed by atoms with E-state index in [2.05, 4.69) is 0 Å². The molecule has 6 heteroatoms. The first kappa shape index (κ1) is 28.8. The fourth-order valence-corrected chi connectivity index (χ4v) is 7.47. The lowest BCUT2D eigenvalue weighted by Crippen LogP contribution is -2.24. The van der Waals surface area contributed by atoms with E-state index in [1.807, 2.05) is 72.8 Å². The van der Waals surface area contributed by atoms with Gasteiger partial charge in [-0.1, -0.05) is 103 Å². The molecule has 0 bridgehead atoms. The van der Waals surface area contributed by atoms with Crippen molar-refractivity contribution < 1.29 is 23.6 Å². The molecular weight excluding hydrogens is 543 g/mol. The summed E-state index contributed by atoms with van der Waals surface area (Å²) >= 11 is 0. The maximum atomic E-state index is 15.2. The summed E-state index contributed by atoms with van der Waals surface area (Å²) in [5.41, 5.74) is 1.43. The lowest BCUT2D eigenvalue weighted by Gasteiger charge is -2.22. The van der Waals surface area contributed by atoms with Crippen LogP contribution in [-0.4, -0.2) is 11.0 Å². The summed E-state index contributed by atoms with van der Waals surface area (Å²) in [6.07, 6.45) is 0. The van der Waals surface area contributed by atoms with E-state index in [9.17, 15) is 9.59 Å². The fraction of sp³-hybridized carbons (Fsp3) is 0.111. The average molecular weight is 575 g/mol. The standard InChI is InChI=1S/C36H31O5P/c1-26-14-12-15-27(2)33(26)35(37)42(39,32-22-10-5-11-23-32)36(38)34-28(24-40-30-18-6-3-7-19-30)16-13-17-29(34)25-41-31-20-8-4-9-21-31/h3-23H,24-25H2,1-2H3. The Morgan fingerprint density at radius 2 is 0.929 bits per heavy atom. The summed E-state index contributed by atoms with van der Waals surface area (Å²) in [6.45, 7) is 3.66. The SMILES string of the molecule is Cc1cccc(C)c1C(=O)P(=O)(C(=O)c1c(COc2ccccc2)cccc1COc1ccccc1)c1ccccc1. The third-order valence-electron chi connectivity index (χ3n) is 7.11. The van der Waals surface area contributed by atoms with Gasteiger partial charge in [-0.3, -0.25) is 9.59 Å². The van der Waals surface area contributed by atoms with Gasteiger partial charge < -0.3 is 14.0 Å². The average Bonchev–Trinajstić information content (AvgIpc) is 3.03. The summed E-state index contributed by atoms with van der Waals surface area (Å²) < 4.78 is 27.3. The van der Waals surface area contributed by atoms with Crippen molar-refractivity contribution in [3.05, 3.63) is 161 Å². The van der Waals surface area contributed by atoms with Gasteiger partial charge in [0, 0.05) is 27.6 Å². The van der Waals surface area contributed by atoms with Crippen LogP contribution >= 0.6 is 7.14 Å². The van der Waals surface area contributed by atoms with E-state index in [0.29, 0.717) is 39.3 Å². The third-order valence-corrected chi connectivity index (χ3v) is 9.73. The van der Waals surface area contributed by atoms with E-state index in [0.717, 1.165) is 0 Å². The minimum atomic E-state index is -4.39. The molecule has 1 atom stereocenters. The van der Waals surface area contributed by atoms with Crippen molar-refractivity contribution in [1.29, 1.82) is 0 Å². The molecule has 0 aliphatic heterocycles. The maximum Gasteiger partial charge on any atom is 0.248 e. The Kier molecular flexibility index (Phi) is 8.80. The molecule has 0 N–H and O–H groups in total. The minimum Gasteiger partial charge on any atom is -0.489 e. The van der Waals surface area contributed by atoms with Crippen molar-refractivity contribution in [3.63, 3.8) is 0 Å². The molecule has 0 fully saturated rings. The molecule has 5 aromatic rings. The molecule has 42 heavy (non-hydrogen) atoms. The van der Waals surface area contributed by atoms with Crippen LogP contribution in [0.1, 0.15) is 43.0 Å². The van der Waals surface area contributed by atoms with Crippen LogP contribution in [0, 0.1) is 13.8 Å². The van der Waals surface area contributed by atoms with Gasteiger partial charge >= 0.3 is 0 Å². The van der Waals surface area contributed by atoms with Gasteiger partial charge in [-0.2, -0.15) is 0 Å². The second-order valence-electron chi connectivity index (χ2n) is 9.98. The number of benzene rings is 5. The van der Waals surface area contributed by atoms with Gasteiger partial charge in [0.2, 0.25) is 18.2 Å². The van der Waals surface area contributed by atoms with Crippen LogP contribution in [0.4, 0.5) is 0 Å². The molecule has 5 aromatic carbocycles. The van der Waals surface area contributed by atoms with Crippen molar-refractivity contribution in [2.75, 3.05) is 0 Å². The maximum absolute atomic E-state index is 15.2. The van der Waals surface area contributed by atoms with Crippen LogP contribution in [0.2, 0.25) is 0 Å². The molecule has 0 radical (unpaired) electrons. The van der Waals surface area contributed by atoms with Crippen molar-refractivity contribution in [1.82, 2.24) is 0 Å². The van der Waals surface area contributed by atoms with Crippen LogP contribution in [0.5, 0.6) is 11.5 Å². The highest BCUT2D eigenvalue weighted by molar-refractivity contribution is 8.01. The first-order valence-electron chi connectivity index (χ1n) is 13.7. The molecular formula is C36H31O5P. The van der Waals surface area contributed by atoms with Crippen molar-refractivity contribution in [2.24, 2.45) is 0 Å². The fourth-order valence-electron chi connectivity index (χ4n) is 4.96. The molecule has 0 aliphatic rings. The van der Waals surface area contributed by atoms with E-state index in [-0.39, 0.29) is 24.1 Å². The number of rotatable bonds is 11. The lowest BCUT2D eigenvalue weighted by molar-refractivity contribution is 0.103. The topological polar surface area (TPSA) is 69.7 Å². The van der Waals surface area contributed by atoms with Crippen LogP contribution in [-0.2, 0) is 17.8 Å². The van der Waals surface area contributed by atoms with Crippen LogP contribution in [0.15, 0.2) is 127 Å². The Hall–Kier alpha value is -4.73. The Morgan fingerprint density at radius 1 is 0.524 bits per heavy atom. The van der Waals surface area contributed by atoms with Gasteiger partial charge in [0.05, 0.1) is 0 Å². The molecule has 0 aliphatic carbocycles. The molecule has 5 rings (SSSR count). The van der Waals surface area contributed by atoms with Gasteiger partial charge in [0.1, 0.15) is 24.7 Å². The highest BCUT2D eigenvalue weighted by Gasteiger charge is 2.45. The van der Waals surface area contributed by atoms with Crippen molar-refractivity contribution in [2.45, 2.75) is 27.1 Å². The highest BCUT2D eigenvalue weighted by atomic mass is 31.2. The first-order chi connectivity index (χ1) is 20.4. The largest absolute Gasteiger partial charge is 0.489 e. The number of para-hydroxylation sites is 2. The highest BCUT2D eigenvalue weighted by Crippen LogP contribution is 2.52. The van der Waals surface area contributed by atoms with Crippen LogP contribution in [0.25, 0.3) is 0 Å². The second-order valence-corrected chi connectivity index (χ2v) is 12.5. The molecule has 0 spiro atoms. The van der Waals surface area contributed by atoms with E-state index in [1.165, 1.54) is 0 Å². The van der Waals surface area contributed by atoms with E-state index in [1.54, 1.807) is 68.4 Å². The summed E-state index contributed by atoms with van der Waals surface area (Å²) in [5, 5.41) is 0.191. The smallest absolute Gasteiger partial charge is 0.248 e. The molecule has 0 saturated carbocycles. The molecule has 1 unspecified atom stereocenters. The predicted octanol–water partition coefficient (Wildman–Crippen LogP) is 8.13. The zero-order chi connectivity index (χ0) is 29.5. The zero-order valence-electron chi connectivity index (χ0n) is 23.5. The van der Waals surface area contributed by atoms with E-state index < -0.39 is 18.2 Å². The van der Waals surface area contributed by atoms with Crippen molar-refractivity contribution >= 4 is 23.5 Å². The number of hydrogen-bond donors (Lipinski definition) is 0. The second kappa shape index (κ2) is 12.8. The molecule has 210 valence electrons. The van der Waals surface area contributed by atoms with Gasteiger partial charge in [-0.15, -0.1) is 0 Å². The zero-order valence-corrected chi connectivity index (χ0v) is 24.4. The number of carbonyl (C=O) groups excluding carboxylic acids is 2. The third kappa shape index (κ3) is 5.97. The molecule has 0 heterocycles. The van der Waals surface area contributed by atoms with E-state index >= 15 is 4.57 Å². The van der Waals surface area contributed by atoms with Crippen molar-refractivity contribution in [3.8, 4) is 11.5 Å². The van der Waals surface area contributed by atoms with Gasteiger partial charge in [-0.05, 0) is 49.2 Å². The van der Waals surface area contributed by atoms with Gasteiger partial charge in [-0.25, -0.2) is 0 Å². The Bertz CT molecular complexity index is 1670. The Balaban J connectivity index is 1.65. The van der Waals surface area contributed by atoms with Crippen LogP contribution < -0.4 is 14.8 Å². The predicted molar refractivity (Wildman–Crippen MR) is 166 cm³/mol. The van der Waals surface area contributed by atoms with E-state index in [4.69, 9.17) is 9.47 Å². The molecule has 0 saturated heterocycles. The minimum absolute atomic E-state index is 0.0383. The quantitative estimate of drug-likeness (QED) is 0.149. The normalized spacial score (nSPS) is 12.2. The number of carbonyl (C=O) groups is 2. The summed E-state index contributed by atoms with van der Waals surface area (Å²) in [4.78, 5) is 29.1. The Morgan fingerprint density at radius 3 is 1.40 bits per heavy atom. The summed E-state index contributed by atoms with van der Waals surface area (Å²) in [5.74, 6) is 1.25. The monoisotopic (exact) mass is 574 g/mol. The molecule has 0 amide bonds. The summed E-state index contributed by atoms with van der Waals surface area (Å²) in [6, 6.07) is 37.6. The van der Waals surface area contributed by atoms with Gasteiger partial charge in [0.25, 0.3) is 0 Å². The Labute approximate surface area is 246 Å². The van der Waals surface area contributed by atoms with Crippen LogP contribution in [0.3, 0.4) is 0 Å². The first-order valence-corrected chi connectivity index (χ1v) is 15.4. The molecule has 5 nitrogen and oxygen atoms in total. The number of hydrogen-bond acceptors (Lipinski definition) is 5.